The summed E-state index contributed by atoms with van der Waals surface area (Å²) in [6.45, 7) is 5.76. The summed E-state index contributed by atoms with van der Waals surface area (Å²) < 4.78 is 0. The van der Waals surface area contributed by atoms with Gasteiger partial charge in [0.1, 0.15) is 0 Å². The van der Waals surface area contributed by atoms with Crippen LogP contribution >= 0.6 is 0 Å². The highest BCUT2D eigenvalue weighted by molar-refractivity contribution is 4.92. The summed E-state index contributed by atoms with van der Waals surface area (Å²) in [6.07, 6.45) is 6.82. The van der Waals surface area contributed by atoms with E-state index in [1.165, 1.54) is 45.2 Å². The number of nitrogens with two attached hydrogens (primary N) is 1. The fraction of sp³-hybridized carbons (Fsp3) is 1.00. The van der Waals surface area contributed by atoms with Crippen LogP contribution in [0.25, 0.3) is 0 Å². The van der Waals surface area contributed by atoms with Gasteiger partial charge in [-0.3, -0.25) is 4.90 Å². The molecule has 0 aromatic carbocycles. The van der Waals surface area contributed by atoms with Crippen molar-refractivity contribution in [1.29, 1.82) is 0 Å². The lowest BCUT2D eigenvalue weighted by atomic mass is 9.76. The SMILES string of the molecule is CCC1CCC(CN)C(N2CCC(N(C)C)C2)C1. The van der Waals surface area contributed by atoms with Gasteiger partial charge in [-0.1, -0.05) is 19.8 Å². The molecule has 0 aromatic rings. The zero-order valence-electron chi connectivity index (χ0n) is 12.4. The van der Waals surface area contributed by atoms with Gasteiger partial charge in [0.15, 0.2) is 0 Å². The second-order valence-electron chi connectivity index (χ2n) is 6.55. The molecule has 0 spiro atoms. The summed E-state index contributed by atoms with van der Waals surface area (Å²) in [5, 5.41) is 0. The molecule has 1 aliphatic heterocycles. The van der Waals surface area contributed by atoms with Gasteiger partial charge in [-0.25, -0.2) is 0 Å². The van der Waals surface area contributed by atoms with Crippen molar-refractivity contribution in [2.24, 2.45) is 17.6 Å². The Morgan fingerprint density at radius 1 is 1.22 bits per heavy atom. The lowest BCUT2D eigenvalue weighted by Gasteiger charge is -2.41. The lowest BCUT2D eigenvalue weighted by molar-refractivity contribution is 0.0946. The number of hydrogen-bond acceptors (Lipinski definition) is 3. The van der Waals surface area contributed by atoms with Crippen LogP contribution < -0.4 is 5.73 Å². The molecule has 0 radical (unpaired) electrons. The average Bonchev–Trinajstić information content (AvgIpc) is 2.87. The summed E-state index contributed by atoms with van der Waals surface area (Å²) in [7, 11) is 4.43. The molecular formula is C15H31N3. The van der Waals surface area contributed by atoms with E-state index < -0.39 is 0 Å². The lowest BCUT2D eigenvalue weighted by Crippen LogP contribution is -2.46. The van der Waals surface area contributed by atoms with Gasteiger partial charge in [0.2, 0.25) is 0 Å². The van der Waals surface area contributed by atoms with Crippen LogP contribution in [0.5, 0.6) is 0 Å². The second-order valence-corrected chi connectivity index (χ2v) is 6.55. The van der Waals surface area contributed by atoms with Gasteiger partial charge in [-0.2, -0.15) is 0 Å². The van der Waals surface area contributed by atoms with Crippen LogP contribution in [-0.4, -0.2) is 55.6 Å². The molecule has 0 aromatic heterocycles. The third-order valence-corrected chi connectivity index (χ3v) is 5.34. The third-order valence-electron chi connectivity index (χ3n) is 5.34. The normalized spacial score (nSPS) is 38.5. The van der Waals surface area contributed by atoms with Crippen LogP contribution in [0.4, 0.5) is 0 Å². The minimum Gasteiger partial charge on any atom is -0.330 e. The predicted molar refractivity (Wildman–Crippen MR) is 77.6 cm³/mol. The van der Waals surface area contributed by atoms with Crippen molar-refractivity contribution >= 4 is 0 Å². The number of likely N-dealkylation sites (tertiary alicyclic amines) is 1. The molecule has 3 nitrogen and oxygen atoms in total. The van der Waals surface area contributed by atoms with Crippen LogP contribution in [0, 0.1) is 11.8 Å². The van der Waals surface area contributed by atoms with Crippen LogP contribution in [-0.2, 0) is 0 Å². The number of rotatable bonds is 4. The van der Waals surface area contributed by atoms with Crippen molar-refractivity contribution in [2.75, 3.05) is 33.7 Å². The fourth-order valence-electron chi connectivity index (χ4n) is 3.88. The first kappa shape index (κ1) is 14.3. The zero-order chi connectivity index (χ0) is 13.1. The zero-order valence-corrected chi connectivity index (χ0v) is 12.4. The van der Waals surface area contributed by atoms with E-state index in [0.717, 1.165) is 30.5 Å². The topological polar surface area (TPSA) is 32.5 Å². The molecule has 4 unspecified atom stereocenters. The van der Waals surface area contributed by atoms with E-state index in [2.05, 4.69) is 30.8 Å². The Hall–Kier alpha value is -0.120. The van der Waals surface area contributed by atoms with Gasteiger partial charge in [0.05, 0.1) is 0 Å². The first-order valence-corrected chi connectivity index (χ1v) is 7.76. The monoisotopic (exact) mass is 253 g/mol. The van der Waals surface area contributed by atoms with Gasteiger partial charge in [0.25, 0.3) is 0 Å². The molecule has 2 fully saturated rings. The molecule has 1 saturated carbocycles. The van der Waals surface area contributed by atoms with Crippen LogP contribution in [0.15, 0.2) is 0 Å². The minimum absolute atomic E-state index is 0.744. The molecule has 1 saturated heterocycles. The van der Waals surface area contributed by atoms with Crippen molar-refractivity contribution in [1.82, 2.24) is 9.80 Å². The number of likely N-dealkylation sites (N-methyl/N-ethyl adjacent to an activating group) is 1. The Bertz CT molecular complexity index is 254. The Kier molecular flexibility index (Phi) is 5.05. The Balaban J connectivity index is 1.96. The quantitative estimate of drug-likeness (QED) is 0.829. The summed E-state index contributed by atoms with van der Waals surface area (Å²) in [6, 6.07) is 1.52. The molecule has 1 aliphatic carbocycles. The Morgan fingerprint density at radius 2 is 2.00 bits per heavy atom. The summed E-state index contributed by atoms with van der Waals surface area (Å²) in [4.78, 5) is 5.13. The largest absolute Gasteiger partial charge is 0.330 e. The molecule has 2 N–H and O–H groups in total. The standard InChI is InChI=1S/C15H31N3/c1-4-12-5-6-13(10-16)15(9-12)18-8-7-14(11-18)17(2)3/h12-15H,4-11,16H2,1-3H3. The van der Waals surface area contributed by atoms with Crippen molar-refractivity contribution in [2.45, 2.75) is 51.1 Å². The molecule has 106 valence electrons. The third kappa shape index (κ3) is 3.06. The smallest absolute Gasteiger partial charge is 0.0229 e. The maximum Gasteiger partial charge on any atom is 0.0229 e. The molecule has 2 aliphatic rings. The van der Waals surface area contributed by atoms with E-state index in [1.54, 1.807) is 0 Å². The highest BCUT2D eigenvalue weighted by Crippen LogP contribution is 2.35. The Labute approximate surface area is 113 Å². The first-order valence-electron chi connectivity index (χ1n) is 7.76. The summed E-state index contributed by atoms with van der Waals surface area (Å²) in [5.74, 6) is 1.69. The van der Waals surface area contributed by atoms with E-state index in [4.69, 9.17) is 5.73 Å². The second kappa shape index (κ2) is 6.36. The van der Waals surface area contributed by atoms with Crippen LogP contribution in [0.1, 0.15) is 39.0 Å². The molecule has 3 heteroatoms. The maximum absolute atomic E-state index is 6.01. The van der Waals surface area contributed by atoms with E-state index >= 15 is 0 Å². The fourth-order valence-corrected chi connectivity index (χ4v) is 3.88. The maximum atomic E-state index is 6.01. The average molecular weight is 253 g/mol. The number of hydrogen-bond donors (Lipinski definition) is 1. The molecule has 1 heterocycles. The summed E-state index contributed by atoms with van der Waals surface area (Å²) in [5.41, 5.74) is 6.01. The van der Waals surface area contributed by atoms with Gasteiger partial charge in [0, 0.05) is 25.2 Å². The van der Waals surface area contributed by atoms with E-state index in [0.29, 0.717) is 0 Å². The van der Waals surface area contributed by atoms with Crippen molar-refractivity contribution in [3.8, 4) is 0 Å². The molecule has 4 atom stereocenters. The van der Waals surface area contributed by atoms with Gasteiger partial charge >= 0.3 is 0 Å². The van der Waals surface area contributed by atoms with Crippen molar-refractivity contribution < 1.29 is 0 Å². The summed E-state index contributed by atoms with van der Waals surface area (Å²) >= 11 is 0. The van der Waals surface area contributed by atoms with E-state index in [9.17, 15) is 0 Å². The van der Waals surface area contributed by atoms with Crippen molar-refractivity contribution in [3.63, 3.8) is 0 Å². The molecule has 18 heavy (non-hydrogen) atoms. The minimum atomic E-state index is 0.744. The molecule has 0 bridgehead atoms. The molecular weight excluding hydrogens is 222 g/mol. The molecule has 0 amide bonds. The highest BCUT2D eigenvalue weighted by atomic mass is 15.2. The highest BCUT2D eigenvalue weighted by Gasteiger charge is 2.36. The van der Waals surface area contributed by atoms with Crippen molar-refractivity contribution in [3.05, 3.63) is 0 Å². The Morgan fingerprint density at radius 3 is 2.56 bits per heavy atom. The molecule has 2 rings (SSSR count). The first-order chi connectivity index (χ1) is 8.65. The van der Waals surface area contributed by atoms with E-state index in [1.807, 2.05) is 0 Å². The van der Waals surface area contributed by atoms with Gasteiger partial charge in [-0.05, 0) is 51.7 Å². The number of nitrogens with zero attached hydrogens (tertiary/aromatic N) is 2. The van der Waals surface area contributed by atoms with Gasteiger partial charge in [-0.15, -0.1) is 0 Å². The van der Waals surface area contributed by atoms with Crippen LogP contribution in [0.3, 0.4) is 0 Å². The van der Waals surface area contributed by atoms with Gasteiger partial charge < -0.3 is 10.6 Å². The van der Waals surface area contributed by atoms with Crippen LogP contribution in [0.2, 0.25) is 0 Å². The van der Waals surface area contributed by atoms with E-state index in [-0.39, 0.29) is 0 Å². The predicted octanol–water partition coefficient (Wildman–Crippen LogP) is 1.78.